The van der Waals surface area contributed by atoms with E-state index in [-0.39, 0.29) is 6.04 Å². The molecule has 0 aliphatic heterocycles. The van der Waals surface area contributed by atoms with Crippen LogP contribution in [0.3, 0.4) is 0 Å². The lowest BCUT2D eigenvalue weighted by Crippen LogP contribution is -2.47. The fourth-order valence-corrected chi connectivity index (χ4v) is 3.32. The van der Waals surface area contributed by atoms with Crippen molar-refractivity contribution in [3.8, 4) is 5.75 Å². The molecule has 1 saturated carbocycles. The van der Waals surface area contributed by atoms with Crippen molar-refractivity contribution < 1.29 is 4.74 Å². The number of nitrogens with two attached hydrogens (primary N) is 1. The zero-order valence-electron chi connectivity index (χ0n) is 13.1. The van der Waals surface area contributed by atoms with Crippen LogP contribution in [0.1, 0.15) is 25.7 Å². The molecule has 2 aromatic carbocycles. The molecule has 0 unspecified atom stereocenters. The van der Waals surface area contributed by atoms with Crippen molar-refractivity contribution in [1.29, 1.82) is 0 Å². The summed E-state index contributed by atoms with van der Waals surface area (Å²) in [5.74, 6) is 0.879. The van der Waals surface area contributed by atoms with Crippen molar-refractivity contribution in [3.63, 3.8) is 0 Å². The summed E-state index contributed by atoms with van der Waals surface area (Å²) in [5.41, 5.74) is 8.82. The molecule has 3 rings (SSSR count). The summed E-state index contributed by atoms with van der Waals surface area (Å²) in [6, 6.07) is 19.4. The van der Waals surface area contributed by atoms with E-state index in [2.05, 4.69) is 47.4 Å². The topological polar surface area (TPSA) is 38.5 Å². The van der Waals surface area contributed by atoms with E-state index < -0.39 is 0 Å². The normalized spacial score (nSPS) is 21.4. The molecule has 3 nitrogen and oxygen atoms in total. The first-order valence-electron chi connectivity index (χ1n) is 8.03. The number of hydrogen-bond donors (Lipinski definition) is 1. The smallest absolute Gasteiger partial charge is 0.119 e. The number of anilines is 2. The van der Waals surface area contributed by atoms with Gasteiger partial charge in [-0.3, -0.25) is 0 Å². The Bertz CT molecular complexity index is 582. The van der Waals surface area contributed by atoms with Crippen molar-refractivity contribution in [3.05, 3.63) is 54.6 Å². The van der Waals surface area contributed by atoms with Gasteiger partial charge in [0.1, 0.15) is 5.75 Å². The lowest BCUT2D eigenvalue weighted by atomic mass is 9.89. The summed E-state index contributed by atoms with van der Waals surface area (Å²) in [5, 5.41) is 0. The molecule has 0 saturated heterocycles. The third-order valence-electron chi connectivity index (χ3n) is 4.50. The maximum atomic E-state index is 6.44. The third kappa shape index (κ3) is 3.09. The second-order valence-corrected chi connectivity index (χ2v) is 5.92. The number of rotatable bonds is 4. The lowest BCUT2D eigenvalue weighted by molar-refractivity contribution is 0.380. The van der Waals surface area contributed by atoms with Gasteiger partial charge in [-0.25, -0.2) is 0 Å². The summed E-state index contributed by atoms with van der Waals surface area (Å²) < 4.78 is 5.28. The van der Waals surface area contributed by atoms with Crippen LogP contribution in [0.2, 0.25) is 0 Å². The second kappa shape index (κ2) is 6.84. The summed E-state index contributed by atoms with van der Waals surface area (Å²) in [6.07, 6.45) is 4.73. The molecule has 2 aromatic rings. The second-order valence-electron chi connectivity index (χ2n) is 5.92. The minimum Gasteiger partial charge on any atom is -0.497 e. The SMILES string of the molecule is COc1ccc(N(c2ccccc2)[C@H]2CCCC[C@@H]2N)cc1. The molecule has 1 aliphatic rings. The molecule has 0 amide bonds. The van der Waals surface area contributed by atoms with E-state index in [1.54, 1.807) is 7.11 Å². The van der Waals surface area contributed by atoms with Gasteiger partial charge in [-0.1, -0.05) is 31.0 Å². The first kappa shape index (κ1) is 14.9. The Kier molecular flexibility index (Phi) is 4.64. The van der Waals surface area contributed by atoms with Crippen LogP contribution in [0.25, 0.3) is 0 Å². The van der Waals surface area contributed by atoms with Gasteiger partial charge in [0.25, 0.3) is 0 Å². The molecule has 0 bridgehead atoms. The van der Waals surface area contributed by atoms with Crippen LogP contribution < -0.4 is 15.4 Å². The molecule has 0 spiro atoms. The van der Waals surface area contributed by atoms with Gasteiger partial charge in [0.05, 0.1) is 7.11 Å². The highest BCUT2D eigenvalue weighted by molar-refractivity contribution is 5.65. The Morgan fingerprint density at radius 1 is 0.909 bits per heavy atom. The average Bonchev–Trinajstić information content (AvgIpc) is 2.58. The van der Waals surface area contributed by atoms with Gasteiger partial charge >= 0.3 is 0 Å². The number of ether oxygens (including phenoxy) is 1. The number of methoxy groups -OCH3 is 1. The van der Waals surface area contributed by atoms with Crippen molar-refractivity contribution in [2.24, 2.45) is 5.73 Å². The zero-order valence-corrected chi connectivity index (χ0v) is 13.1. The number of para-hydroxylation sites is 1. The first-order valence-corrected chi connectivity index (χ1v) is 8.03. The van der Waals surface area contributed by atoms with E-state index in [9.17, 15) is 0 Å². The largest absolute Gasteiger partial charge is 0.497 e. The Balaban J connectivity index is 1.98. The standard InChI is InChI=1S/C19H24N2O/c1-22-17-13-11-16(12-14-17)21(15-7-3-2-4-8-15)19-10-6-5-9-18(19)20/h2-4,7-8,11-14,18-19H,5-6,9-10,20H2,1H3/t18-,19-/m0/s1. The minimum absolute atomic E-state index is 0.219. The van der Waals surface area contributed by atoms with Crippen LogP contribution >= 0.6 is 0 Å². The molecule has 2 atom stereocenters. The molecule has 22 heavy (non-hydrogen) atoms. The van der Waals surface area contributed by atoms with E-state index in [0.29, 0.717) is 6.04 Å². The number of benzene rings is 2. The van der Waals surface area contributed by atoms with Gasteiger partial charge in [-0.2, -0.15) is 0 Å². The van der Waals surface area contributed by atoms with Crippen LogP contribution in [0, 0.1) is 0 Å². The minimum atomic E-state index is 0.219. The summed E-state index contributed by atoms with van der Waals surface area (Å²) >= 11 is 0. The van der Waals surface area contributed by atoms with E-state index >= 15 is 0 Å². The van der Waals surface area contributed by atoms with Crippen LogP contribution in [-0.4, -0.2) is 19.2 Å². The molecule has 2 N–H and O–H groups in total. The van der Waals surface area contributed by atoms with E-state index in [0.717, 1.165) is 18.6 Å². The highest BCUT2D eigenvalue weighted by Gasteiger charge is 2.28. The fraction of sp³-hybridized carbons (Fsp3) is 0.368. The van der Waals surface area contributed by atoms with Crippen LogP contribution in [0.5, 0.6) is 5.75 Å². The molecule has 0 aromatic heterocycles. The molecule has 3 heteroatoms. The predicted octanol–water partition coefficient (Wildman–Crippen LogP) is 4.10. The lowest BCUT2D eigenvalue weighted by Gasteiger charge is -2.40. The number of nitrogens with zero attached hydrogens (tertiary/aromatic N) is 1. The van der Waals surface area contributed by atoms with Gasteiger partial charge in [0.2, 0.25) is 0 Å². The van der Waals surface area contributed by atoms with Crippen molar-refractivity contribution in [2.75, 3.05) is 12.0 Å². The number of hydrogen-bond acceptors (Lipinski definition) is 3. The summed E-state index contributed by atoms with van der Waals surface area (Å²) in [7, 11) is 1.70. The molecule has 116 valence electrons. The third-order valence-corrected chi connectivity index (χ3v) is 4.50. The molecule has 1 fully saturated rings. The molecular formula is C19H24N2O. The van der Waals surface area contributed by atoms with E-state index in [4.69, 9.17) is 10.5 Å². The molecule has 0 radical (unpaired) electrons. The zero-order chi connectivity index (χ0) is 15.4. The van der Waals surface area contributed by atoms with E-state index in [1.807, 2.05) is 12.1 Å². The molecule has 1 aliphatic carbocycles. The average molecular weight is 296 g/mol. The maximum Gasteiger partial charge on any atom is 0.119 e. The van der Waals surface area contributed by atoms with Crippen molar-refractivity contribution in [1.82, 2.24) is 0 Å². The van der Waals surface area contributed by atoms with Gasteiger partial charge in [-0.05, 0) is 49.2 Å². The molecule has 0 heterocycles. The fourth-order valence-electron chi connectivity index (χ4n) is 3.32. The molecular weight excluding hydrogens is 272 g/mol. The van der Waals surface area contributed by atoms with E-state index in [1.165, 1.54) is 24.2 Å². The van der Waals surface area contributed by atoms with Crippen LogP contribution in [-0.2, 0) is 0 Å². The van der Waals surface area contributed by atoms with Gasteiger partial charge in [0, 0.05) is 23.5 Å². The van der Waals surface area contributed by atoms with Crippen molar-refractivity contribution in [2.45, 2.75) is 37.8 Å². The first-order chi connectivity index (χ1) is 10.8. The highest BCUT2D eigenvalue weighted by atomic mass is 16.5. The summed E-state index contributed by atoms with van der Waals surface area (Å²) in [6.45, 7) is 0. The Morgan fingerprint density at radius 3 is 2.18 bits per heavy atom. The monoisotopic (exact) mass is 296 g/mol. The Hall–Kier alpha value is -2.00. The maximum absolute atomic E-state index is 6.44. The van der Waals surface area contributed by atoms with Crippen LogP contribution in [0.4, 0.5) is 11.4 Å². The highest BCUT2D eigenvalue weighted by Crippen LogP contribution is 2.34. The summed E-state index contributed by atoms with van der Waals surface area (Å²) in [4.78, 5) is 2.39. The van der Waals surface area contributed by atoms with Gasteiger partial charge < -0.3 is 15.4 Å². The quantitative estimate of drug-likeness (QED) is 0.923. The van der Waals surface area contributed by atoms with Gasteiger partial charge in [-0.15, -0.1) is 0 Å². The van der Waals surface area contributed by atoms with Crippen LogP contribution in [0.15, 0.2) is 54.6 Å². The predicted molar refractivity (Wildman–Crippen MR) is 91.8 cm³/mol. The Labute approximate surface area is 132 Å². The van der Waals surface area contributed by atoms with Gasteiger partial charge in [0.15, 0.2) is 0 Å². The van der Waals surface area contributed by atoms with Crippen molar-refractivity contribution >= 4 is 11.4 Å². The Morgan fingerprint density at radius 2 is 1.55 bits per heavy atom.